The second-order valence-electron chi connectivity index (χ2n) is 2.57. The van der Waals surface area contributed by atoms with E-state index in [1.54, 1.807) is 0 Å². The van der Waals surface area contributed by atoms with E-state index in [1.807, 2.05) is 0 Å². The van der Waals surface area contributed by atoms with Crippen molar-refractivity contribution in [3.8, 4) is 0 Å². The molecule has 0 N–H and O–H groups in total. The van der Waals surface area contributed by atoms with Crippen LogP contribution in [0.15, 0.2) is 27.2 Å². The zero-order valence-corrected chi connectivity index (χ0v) is 8.94. The highest BCUT2D eigenvalue weighted by Crippen LogP contribution is 2.30. The van der Waals surface area contributed by atoms with Gasteiger partial charge in [-0.05, 0) is 61.5 Å². The lowest BCUT2D eigenvalue weighted by Gasteiger charge is -2.01. The fraction of sp³-hybridized carbons (Fsp3) is 0.111. The van der Waals surface area contributed by atoms with Crippen molar-refractivity contribution < 1.29 is 0 Å². The van der Waals surface area contributed by atoms with Gasteiger partial charge in [0.1, 0.15) is 0 Å². The van der Waals surface area contributed by atoms with Gasteiger partial charge in [0.25, 0.3) is 0 Å². The monoisotopic (exact) mass is 272 g/mol. The number of allylic oxidation sites excluding steroid dienone is 1. The molecule has 56 valence electrons. The second-order valence-corrected chi connectivity index (χ2v) is 4.28. The van der Waals surface area contributed by atoms with E-state index in [0.717, 1.165) is 15.4 Å². The average Bonchev–Trinajstić information content (AvgIpc) is 2.36. The minimum atomic E-state index is 1.07. The van der Waals surface area contributed by atoms with Crippen LogP contribution in [0.2, 0.25) is 0 Å². The average molecular weight is 274 g/mol. The summed E-state index contributed by atoms with van der Waals surface area (Å²) >= 11 is 6.94. The van der Waals surface area contributed by atoms with Gasteiger partial charge in [-0.15, -0.1) is 0 Å². The molecule has 0 bridgehead atoms. The molecule has 1 aromatic rings. The minimum Gasteiger partial charge on any atom is -0.0795 e. The number of hydrogen-bond donors (Lipinski definition) is 0. The van der Waals surface area contributed by atoms with Gasteiger partial charge in [-0.25, -0.2) is 0 Å². The number of benzene rings is 1. The number of fused-ring (bicyclic) bond motifs is 1. The van der Waals surface area contributed by atoms with Crippen LogP contribution in [0.4, 0.5) is 0 Å². The highest BCUT2D eigenvalue weighted by molar-refractivity contribution is 9.13. The summed E-state index contributed by atoms with van der Waals surface area (Å²) in [5, 5.41) is 0. The summed E-state index contributed by atoms with van der Waals surface area (Å²) < 4.78 is 2.27. The first-order valence-electron chi connectivity index (χ1n) is 3.42. The van der Waals surface area contributed by atoms with E-state index in [2.05, 4.69) is 56.1 Å². The second kappa shape index (κ2) is 2.76. The summed E-state index contributed by atoms with van der Waals surface area (Å²) in [6, 6.07) is 4.31. The minimum absolute atomic E-state index is 1.07. The predicted octanol–water partition coefficient (Wildman–Crippen LogP) is 3.78. The fourth-order valence-corrected chi connectivity index (χ4v) is 2.00. The molecule has 0 saturated heterocycles. The van der Waals surface area contributed by atoms with Gasteiger partial charge in [-0.1, -0.05) is 12.2 Å². The smallest absolute Gasteiger partial charge is 0.0323 e. The van der Waals surface area contributed by atoms with Gasteiger partial charge in [-0.2, -0.15) is 0 Å². The van der Waals surface area contributed by atoms with Crippen molar-refractivity contribution >= 4 is 37.9 Å². The Labute approximate surface area is 82.6 Å². The lowest BCUT2D eigenvalue weighted by molar-refractivity contribution is 1.30. The largest absolute Gasteiger partial charge is 0.0795 e. The van der Waals surface area contributed by atoms with Crippen LogP contribution in [-0.2, 0) is 6.42 Å². The van der Waals surface area contributed by atoms with Crippen LogP contribution in [-0.4, -0.2) is 0 Å². The first-order chi connectivity index (χ1) is 5.27. The number of halogens is 2. The van der Waals surface area contributed by atoms with E-state index >= 15 is 0 Å². The number of hydrogen-bond acceptors (Lipinski definition) is 0. The number of rotatable bonds is 0. The quantitative estimate of drug-likeness (QED) is 0.675. The fourth-order valence-electron chi connectivity index (χ4n) is 1.25. The van der Waals surface area contributed by atoms with E-state index in [-0.39, 0.29) is 0 Å². The highest BCUT2D eigenvalue weighted by atomic mass is 79.9. The Balaban J connectivity index is 2.63. The Bertz CT molecular complexity index is 327. The molecule has 0 spiro atoms. The molecule has 1 aliphatic carbocycles. The topological polar surface area (TPSA) is 0 Å². The third-order valence-electron chi connectivity index (χ3n) is 1.82. The van der Waals surface area contributed by atoms with Crippen molar-refractivity contribution in [2.75, 3.05) is 0 Å². The summed E-state index contributed by atoms with van der Waals surface area (Å²) in [4.78, 5) is 0. The van der Waals surface area contributed by atoms with E-state index < -0.39 is 0 Å². The Morgan fingerprint density at radius 1 is 1.09 bits per heavy atom. The Morgan fingerprint density at radius 3 is 2.64 bits per heavy atom. The molecule has 0 aliphatic heterocycles. The lowest BCUT2D eigenvalue weighted by Crippen LogP contribution is -1.81. The van der Waals surface area contributed by atoms with E-state index in [1.165, 1.54) is 11.1 Å². The summed E-state index contributed by atoms with van der Waals surface area (Å²) in [6.07, 6.45) is 5.41. The van der Waals surface area contributed by atoms with Crippen LogP contribution in [0.5, 0.6) is 0 Å². The molecular formula is C9H6Br2. The molecular weight excluding hydrogens is 268 g/mol. The van der Waals surface area contributed by atoms with Crippen LogP contribution >= 0.6 is 31.9 Å². The summed E-state index contributed by atoms with van der Waals surface area (Å²) in [6.45, 7) is 0. The SMILES string of the molecule is Brc1cc2c(cc1Br)CC=C2. The molecule has 0 nitrogen and oxygen atoms in total. The van der Waals surface area contributed by atoms with E-state index in [9.17, 15) is 0 Å². The molecule has 1 aliphatic rings. The standard InChI is InChI=1S/C9H6Br2/c10-8-4-6-2-1-3-7(6)5-9(8)11/h1-2,4-5H,3H2. The molecule has 1 aromatic carbocycles. The Morgan fingerprint density at radius 2 is 1.82 bits per heavy atom. The van der Waals surface area contributed by atoms with Gasteiger partial charge in [0.15, 0.2) is 0 Å². The van der Waals surface area contributed by atoms with E-state index in [0.29, 0.717) is 0 Å². The van der Waals surface area contributed by atoms with Crippen LogP contribution in [0.25, 0.3) is 6.08 Å². The van der Waals surface area contributed by atoms with Crippen molar-refractivity contribution in [3.63, 3.8) is 0 Å². The summed E-state index contributed by atoms with van der Waals surface area (Å²) in [7, 11) is 0. The molecule has 2 heteroatoms. The molecule has 0 unspecified atom stereocenters. The Kier molecular flexibility index (Phi) is 1.90. The van der Waals surface area contributed by atoms with Crippen molar-refractivity contribution in [1.29, 1.82) is 0 Å². The first kappa shape index (κ1) is 7.56. The summed E-state index contributed by atoms with van der Waals surface area (Å²) in [5.41, 5.74) is 2.74. The van der Waals surface area contributed by atoms with Crippen LogP contribution in [0.3, 0.4) is 0 Å². The van der Waals surface area contributed by atoms with Crippen LogP contribution < -0.4 is 0 Å². The highest BCUT2D eigenvalue weighted by Gasteiger charge is 2.07. The third kappa shape index (κ3) is 1.30. The molecule has 0 fully saturated rings. The lowest BCUT2D eigenvalue weighted by atomic mass is 10.1. The van der Waals surface area contributed by atoms with Gasteiger partial charge < -0.3 is 0 Å². The maximum Gasteiger partial charge on any atom is 0.0323 e. The Hall–Kier alpha value is -0.0800. The molecule has 0 atom stereocenters. The normalized spacial score (nSPS) is 13.6. The maximum atomic E-state index is 3.47. The molecule has 11 heavy (non-hydrogen) atoms. The first-order valence-corrected chi connectivity index (χ1v) is 5.00. The van der Waals surface area contributed by atoms with Crippen LogP contribution in [0.1, 0.15) is 11.1 Å². The molecule has 0 saturated carbocycles. The maximum absolute atomic E-state index is 3.47. The van der Waals surface area contributed by atoms with Crippen molar-refractivity contribution in [2.45, 2.75) is 6.42 Å². The van der Waals surface area contributed by atoms with E-state index in [4.69, 9.17) is 0 Å². The predicted molar refractivity (Wildman–Crippen MR) is 54.6 cm³/mol. The van der Waals surface area contributed by atoms with Crippen LogP contribution in [0, 0.1) is 0 Å². The molecule has 0 radical (unpaired) electrons. The molecule has 0 amide bonds. The summed E-state index contributed by atoms with van der Waals surface area (Å²) in [5.74, 6) is 0. The van der Waals surface area contributed by atoms with Gasteiger partial charge in [-0.3, -0.25) is 0 Å². The van der Waals surface area contributed by atoms with Gasteiger partial charge in [0.05, 0.1) is 0 Å². The van der Waals surface area contributed by atoms with Crippen molar-refractivity contribution in [1.82, 2.24) is 0 Å². The molecule has 2 rings (SSSR count). The molecule has 0 aromatic heterocycles. The zero-order valence-electron chi connectivity index (χ0n) is 5.77. The third-order valence-corrected chi connectivity index (χ3v) is 3.66. The van der Waals surface area contributed by atoms with Crippen molar-refractivity contribution in [2.24, 2.45) is 0 Å². The molecule has 0 heterocycles. The van der Waals surface area contributed by atoms with Gasteiger partial charge >= 0.3 is 0 Å². The van der Waals surface area contributed by atoms with Crippen molar-refractivity contribution in [3.05, 3.63) is 38.3 Å². The van der Waals surface area contributed by atoms with Gasteiger partial charge in [0, 0.05) is 8.95 Å². The zero-order chi connectivity index (χ0) is 7.84. The van der Waals surface area contributed by atoms with Gasteiger partial charge in [0.2, 0.25) is 0 Å².